The Morgan fingerprint density at radius 1 is 1.08 bits per heavy atom. The van der Waals surface area contributed by atoms with Crippen LogP contribution in [-0.4, -0.2) is 32.5 Å². The van der Waals surface area contributed by atoms with Crippen LogP contribution < -0.4 is 0 Å². The minimum atomic E-state index is -3.33. The second-order valence-electron chi connectivity index (χ2n) is 2.25. The summed E-state index contributed by atoms with van der Waals surface area (Å²) in [5.74, 6) is 0. The fourth-order valence-electron chi connectivity index (χ4n) is 0.720. The van der Waals surface area contributed by atoms with Crippen molar-refractivity contribution in [3.05, 3.63) is 0 Å². The van der Waals surface area contributed by atoms with Crippen LogP contribution in [0.4, 0.5) is 8.39 Å². The Kier molecular flexibility index (Phi) is 8.87. The molecule has 0 spiro atoms. The Labute approximate surface area is 78.4 Å². The summed E-state index contributed by atoms with van der Waals surface area (Å²) >= 11 is 0. The lowest BCUT2D eigenvalue weighted by atomic mass is 10.4. The monoisotopic (exact) mass is 216 g/mol. The standard InChI is InChI=1S/C7H15F2O3P/c1-3-10-5-7(6-11-4-2)12-13(8)9/h7H,3-6H2,1-2H3. The lowest BCUT2D eigenvalue weighted by Gasteiger charge is -2.15. The van der Waals surface area contributed by atoms with E-state index in [2.05, 4.69) is 4.52 Å². The molecule has 0 N–H and O–H groups in total. The third-order valence-electron chi connectivity index (χ3n) is 1.24. The molecule has 0 bridgehead atoms. The molecule has 0 aromatic carbocycles. The van der Waals surface area contributed by atoms with Crippen LogP contribution in [0, 0.1) is 0 Å². The highest BCUT2D eigenvalue weighted by atomic mass is 31.2. The minimum absolute atomic E-state index is 0.156. The van der Waals surface area contributed by atoms with E-state index >= 15 is 0 Å². The van der Waals surface area contributed by atoms with Gasteiger partial charge in [0.15, 0.2) is 0 Å². The summed E-state index contributed by atoms with van der Waals surface area (Å²) in [6, 6.07) is 0. The SMILES string of the molecule is CCOCC(COCC)OP(F)F. The second-order valence-corrected chi connectivity index (χ2v) is 2.86. The molecule has 0 aliphatic carbocycles. The van der Waals surface area contributed by atoms with Gasteiger partial charge in [-0.1, -0.05) is 0 Å². The molecule has 0 amide bonds. The molecule has 0 saturated carbocycles. The van der Waals surface area contributed by atoms with Crippen molar-refractivity contribution in [3.63, 3.8) is 0 Å². The van der Waals surface area contributed by atoms with Gasteiger partial charge in [-0.2, -0.15) is 8.39 Å². The van der Waals surface area contributed by atoms with Gasteiger partial charge in [0, 0.05) is 13.2 Å². The van der Waals surface area contributed by atoms with Crippen LogP contribution in [0.5, 0.6) is 0 Å². The highest BCUT2D eigenvalue weighted by Gasteiger charge is 2.16. The van der Waals surface area contributed by atoms with Crippen LogP contribution in [0.2, 0.25) is 0 Å². The molecule has 0 aromatic heterocycles. The molecule has 0 saturated heterocycles. The summed E-state index contributed by atoms with van der Waals surface area (Å²) in [5.41, 5.74) is 0. The number of hydrogen-bond donors (Lipinski definition) is 0. The number of halogens is 2. The van der Waals surface area contributed by atoms with Crippen LogP contribution in [0.25, 0.3) is 0 Å². The van der Waals surface area contributed by atoms with E-state index in [0.717, 1.165) is 0 Å². The Balaban J connectivity index is 3.60. The maximum atomic E-state index is 11.9. The number of ether oxygens (including phenoxy) is 2. The molecule has 0 heterocycles. The molecular formula is C7H15F2O3P. The predicted molar refractivity (Wildman–Crippen MR) is 47.0 cm³/mol. The second kappa shape index (κ2) is 8.75. The van der Waals surface area contributed by atoms with E-state index < -0.39 is 14.9 Å². The van der Waals surface area contributed by atoms with Gasteiger partial charge in [0.05, 0.1) is 13.2 Å². The van der Waals surface area contributed by atoms with Crippen molar-refractivity contribution in [2.45, 2.75) is 20.0 Å². The highest BCUT2D eigenvalue weighted by molar-refractivity contribution is 7.40. The number of rotatable bonds is 8. The first-order chi connectivity index (χ1) is 6.20. The summed E-state index contributed by atoms with van der Waals surface area (Å²) in [7, 11) is -3.33. The largest absolute Gasteiger partial charge is 0.415 e. The van der Waals surface area contributed by atoms with Gasteiger partial charge in [-0.05, 0) is 13.8 Å². The van der Waals surface area contributed by atoms with Gasteiger partial charge in [-0.3, -0.25) is 4.52 Å². The minimum Gasteiger partial charge on any atom is -0.379 e. The maximum absolute atomic E-state index is 11.9. The van der Waals surface area contributed by atoms with E-state index in [-0.39, 0.29) is 13.2 Å². The van der Waals surface area contributed by atoms with Gasteiger partial charge in [-0.25, -0.2) is 0 Å². The van der Waals surface area contributed by atoms with E-state index in [1.165, 1.54) is 0 Å². The van der Waals surface area contributed by atoms with Crippen LogP contribution in [0.15, 0.2) is 0 Å². The van der Waals surface area contributed by atoms with E-state index in [0.29, 0.717) is 13.2 Å². The summed E-state index contributed by atoms with van der Waals surface area (Å²) < 4.78 is 38.0. The zero-order valence-electron chi connectivity index (χ0n) is 7.83. The zero-order chi connectivity index (χ0) is 10.1. The average molecular weight is 216 g/mol. The van der Waals surface area contributed by atoms with Crippen LogP contribution in [0.1, 0.15) is 13.8 Å². The maximum Gasteiger partial charge on any atom is 0.415 e. The molecule has 0 atom stereocenters. The molecule has 0 fully saturated rings. The van der Waals surface area contributed by atoms with Crippen LogP contribution >= 0.6 is 8.77 Å². The molecule has 6 heteroatoms. The molecule has 0 aliphatic rings. The molecular weight excluding hydrogens is 201 g/mol. The molecule has 0 rings (SSSR count). The predicted octanol–water partition coefficient (Wildman–Crippen LogP) is 2.61. The van der Waals surface area contributed by atoms with E-state index in [4.69, 9.17) is 9.47 Å². The highest BCUT2D eigenvalue weighted by Crippen LogP contribution is 2.41. The lowest BCUT2D eigenvalue weighted by Crippen LogP contribution is -2.23. The van der Waals surface area contributed by atoms with Crippen molar-refractivity contribution in [2.75, 3.05) is 26.4 Å². The molecule has 0 radical (unpaired) electrons. The topological polar surface area (TPSA) is 27.7 Å². The Morgan fingerprint density at radius 2 is 1.54 bits per heavy atom. The normalized spacial score (nSPS) is 11.5. The molecule has 0 aliphatic heterocycles. The van der Waals surface area contributed by atoms with Crippen molar-refractivity contribution in [1.82, 2.24) is 0 Å². The van der Waals surface area contributed by atoms with Crippen molar-refractivity contribution < 1.29 is 22.4 Å². The Hall–Kier alpha value is 0.170. The Morgan fingerprint density at radius 3 is 1.85 bits per heavy atom. The lowest BCUT2D eigenvalue weighted by molar-refractivity contribution is -0.000397. The molecule has 13 heavy (non-hydrogen) atoms. The van der Waals surface area contributed by atoms with Gasteiger partial charge in [0.2, 0.25) is 0 Å². The third-order valence-corrected chi connectivity index (χ3v) is 1.70. The molecule has 0 aromatic rings. The summed E-state index contributed by atoms with van der Waals surface area (Å²) in [6.45, 7) is 4.88. The van der Waals surface area contributed by atoms with E-state index in [9.17, 15) is 8.39 Å². The summed E-state index contributed by atoms with van der Waals surface area (Å²) in [5, 5.41) is 0. The summed E-state index contributed by atoms with van der Waals surface area (Å²) in [4.78, 5) is 0. The van der Waals surface area contributed by atoms with Gasteiger partial charge in [0.25, 0.3) is 0 Å². The average Bonchev–Trinajstić information content (AvgIpc) is 2.09. The zero-order valence-corrected chi connectivity index (χ0v) is 8.73. The molecule has 3 nitrogen and oxygen atoms in total. The van der Waals surface area contributed by atoms with Crippen molar-refractivity contribution in [2.24, 2.45) is 0 Å². The van der Waals surface area contributed by atoms with Gasteiger partial charge in [-0.15, -0.1) is 0 Å². The number of hydrogen-bond acceptors (Lipinski definition) is 3. The van der Waals surface area contributed by atoms with Gasteiger partial charge < -0.3 is 9.47 Å². The van der Waals surface area contributed by atoms with Crippen LogP contribution in [0.3, 0.4) is 0 Å². The quantitative estimate of drug-likeness (QED) is 0.583. The first-order valence-electron chi connectivity index (χ1n) is 4.14. The van der Waals surface area contributed by atoms with E-state index in [1.54, 1.807) is 13.8 Å². The fourth-order valence-corrected chi connectivity index (χ4v) is 1.07. The van der Waals surface area contributed by atoms with E-state index in [1.807, 2.05) is 0 Å². The molecule has 80 valence electrons. The van der Waals surface area contributed by atoms with Crippen LogP contribution in [-0.2, 0) is 14.0 Å². The molecule has 0 unspecified atom stereocenters. The summed E-state index contributed by atoms with van der Waals surface area (Å²) in [6.07, 6.45) is -0.652. The van der Waals surface area contributed by atoms with Gasteiger partial charge in [0.1, 0.15) is 6.10 Å². The third kappa shape index (κ3) is 8.50. The fraction of sp³-hybridized carbons (Fsp3) is 1.00. The first kappa shape index (κ1) is 13.2. The van der Waals surface area contributed by atoms with Gasteiger partial charge >= 0.3 is 8.77 Å². The first-order valence-corrected chi connectivity index (χ1v) is 5.18. The van der Waals surface area contributed by atoms with Crippen molar-refractivity contribution in [1.29, 1.82) is 0 Å². The van der Waals surface area contributed by atoms with Crippen molar-refractivity contribution >= 4 is 8.77 Å². The van der Waals surface area contributed by atoms with Crippen molar-refractivity contribution in [3.8, 4) is 0 Å². The smallest absolute Gasteiger partial charge is 0.379 e. The Bertz CT molecular complexity index is 108.